The van der Waals surface area contributed by atoms with Crippen LogP contribution < -0.4 is 5.32 Å². The summed E-state index contributed by atoms with van der Waals surface area (Å²) in [6.45, 7) is 4.79. The van der Waals surface area contributed by atoms with Crippen LogP contribution in [0.1, 0.15) is 24.8 Å². The van der Waals surface area contributed by atoms with Gasteiger partial charge in [-0.3, -0.25) is 4.79 Å². The zero-order valence-electron chi connectivity index (χ0n) is 10.8. The van der Waals surface area contributed by atoms with Gasteiger partial charge in [0.15, 0.2) is 0 Å². The van der Waals surface area contributed by atoms with E-state index in [1.807, 2.05) is 11.0 Å². The molecule has 1 saturated heterocycles. The first-order chi connectivity index (χ1) is 8.75. The molecule has 1 aliphatic heterocycles. The Hall–Kier alpha value is -1.35. The van der Waals surface area contributed by atoms with E-state index in [4.69, 9.17) is 0 Å². The maximum absolute atomic E-state index is 12.4. The average Bonchev–Trinajstić information content (AvgIpc) is 3.19. The number of nitrogens with zero attached hydrogens (tertiary/aromatic N) is 1. The van der Waals surface area contributed by atoms with Crippen molar-refractivity contribution in [1.82, 2.24) is 10.2 Å². The highest BCUT2D eigenvalue weighted by Crippen LogP contribution is 2.48. The van der Waals surface area contributed by atoms with Gasteiger partial charge in [0.2, 0.25) is 5.91 Å². The predicted octanol–water partition coefficient (Wildman–Crippen LogP) is 1.61. The van der Waals surface area contributed by atoms with Gasteiger partial charge >= 0.3 is 0 Å². The van der Waals surface area contributed by atoms with E-state index >= 15 is 0 Å². The van der Waals surface area contributed by atoms with Crippen LogP contribution in [0.4, 0.5) is 0 Å². The Morgan fingerprint density at radius 1 is 1.33 bits per heavy atom. The van der Waals surface area contributed by atoms with E-state index in [-0.39, 0.29) is 5.92 Å². The van der Waals surface area contributed by atoms with Crippen molar-refractivity contribution in [2.75, 3.05) is 19.6 Å². The Morgan fingerprint density at radius 3 is 2.83 bits per heavy atom. The Morgan fingerprint density at radius 2 is 2.11 bits per heavy atom. The molecule has 3 unspecified atom stereocenters. The second-order valence-corrected chi connectivity index (χ2v) is 5.50. The third kappa shape index (κ3) is 2.27. The van der Waals surface area contributed by atoms with E-state index in [9.17, 15) is 4.79 Å². The molecule has 3 heteroatoms. The molecule has 3 atom stereocenters. The molecule has 1 aromatic carbocycles. The van der Waals surface area contributed by atoms with Crippen molar-refractivity contribution in [3.8, 4) is 0 Å². The smallest absolute Gasteiger partial charge is 0.226 e. The second kappa shape index (κ2) is 4.73. The van der Waals surface area contributed by atoms with Gasteiger partial charge in [-0.2, -0.15) is 0 Å². The number of nitrogens with one attached hydrogen (secondary N) is 1. The lowest BCUT2D eigenvalue weighted by Crippen LogP contribution is -2.51. The molecule has 0 aromatic heterocycles. The maximum atomic E-state index is 12.4. The molecule has 2 aliphatic rings. The SMILES string of the molecule is CC1CN(C(=O)C2CC2c2ccccc2)CCN1. The lowest BCUT2D eigenvalue weighted by atomic mass is 10.1. The number of rotatable bonds is 2. The minimum Gasteiger partial charge on any atom is -0.340 e. The molecule has 0 spiro atoms. The van der Waals surface area contributed by atoms with Gasteiger partial charge in [0.25, 0.3) is 0 Å². The van der Waals surface area contributed by atoms with Crippen LogP contribution >= 0.6 is 0 Å². The Labute approximate surface area is 108 Å². The van der Waals surface area contributed by atoms with Gasteiger partial charge in [0, 0.05) is 31.6 Å². The maximum Gasteiger partial charge on any atom is 0.226 e. The van der Waals surface area contributed by atoms with Crippen molar-refractivity contribution in [2.45, 2.75) is 25.3 Å². The minimum absolute atomic E-state index is 0.234. The summed E-state index contributed by atoms with van der Waals surface area (Å²) < 4.78 is 0. The number of amides is 1. The molecular formula is C15H20N2O. The zero-order chi connectivity index (χ0) is 12.5. The third-order valence-electron chi connectivity index (χ3n) is 4.02. The van der Waals surface area contributed by atoms with Crippen LogP contribution in [0.5, 0.6) is 0 Å². The molecule has 18 heavy (non-hydrogen) atoms. The van der Waals surface area contributed by atoms with E-state index < -0.39 is 0 Å². The van der Waals surface area contributed by atoms with Crippen molar-refractivity contribution in [1.29, 1.82) is 0 Å². The van der Waals surface area contributed by atoms with Crippen LogP contribution in [-0.4, -0.2) is 36.5 Å². The first kappa shape index (κ1) is 11.7. The molecule has 1 aromatic rings. The largest absolute Gasteiger partial charge is 0.340 e. The van der Waals surface area contributed by atoms with Crippen LogP contribution in [0, 0.1) is 5.92 Å². The van der Waals surface area contributed by atoms with E-state index in [1.165, 1.54) is 5.56 Å². The van der Waals surface area contributed by atoms with E-state index in [2.05, 4.69) is 36.5 Å². The van der Waals surface area contributed by atoms with Gasteiger partial charge in [-0.15, -0.1) is 0 Å². The highest BCUT2D eigenvalue weighted by Gasteiger charge is 2.45. The van der Waals surface area contributed by atoms with E-state index in [1.54, 1.807) is 0 Å². The standard InChI is InChI=1S/C15H20N2O/c1-11-10-17(8-7-16-11)15(18)14-9-13(14)12-5-3-2-4-6-12/h2-6,11,13-14,16H,7-10H2,1H3. The Kier molecular flexibility index (Phi) is 3.08. The summed E-state index contributed by atoms with van der Waals surface area (Å²) in [5, 5.41) is 3.38. The van der Waals surface area contributed by atoms with Gasteiger partial charge in [0.05, 0.1) is 0 Å². The molecule has 0 bridgehead atoms. The van der Waals surface area contributed by atoms with Crippen molar-refractivity contribution >= 4 is 5.91 Å². The van der Waals surface area contributed by atoms with Crippen molar-refractivity contribution in [3.63, 3.8) is 0 Å². The first-order valence-corrected chi connectivity index (χ1v) is 6.83. The first-order valence-electron chi connectivity index (χ1n) is 6.83. The third-order valence-corrected chi connectivity index (χ3v) is 4.02. The fraction of sp³-hybridized carbons (Fsp3) is 0.533. The second-order valence-electron chi connectivity index (χ2n) is 5.50. The number of benzene rings is 1. The van der Waals surface area contributed by atoms with Gasteiger partial charge in [0.1, 0.15) is 0 Å². The van der Waals surface area contributed by atoms with Crippen LogP contribution in [0.2, 0.25) is 0 Å². The van der Waals surface area contributed by atoms with Gasteiger partial charge in [-0.25, -0.2) is 0 Å². The molecule has 1 amide bonds. The van der Waals surface area contributed by atoms with Gasteiger partial charge < -0.3 is 10.2 Å². The summed E-state index contributed by atoms with van der Waals surface area (Å²) in [6.07, 6.45) is 1.03. The van der Waals surface area contributed by atoms with E-state index in [0.29, 0.717) is 17.9 Å². The number of hydrogen-bond acceptors (Lipinski definition) is 2. The van der Waals surface area contributed by atoms with Crippen molar-refractivity contribution in [2.24, 2.45) is 5.92 Å². The summed E-state index contributed by atoms with van der Waals surface area (Å²) in [5.41, 5.74) is 1.32. The summed E-state index contributed by atoms with van der Waals surface area (Å²) in [7, 11) is 0. The zero-order valence-corrected chi connectivity index (χ0v) is 10.8. The molecule has 3 nitrogen and oxygen atoms in total. The summed E-state index contributed by atoms with van der Waals surface area (Å²) >= 11 is 0. The summed E-state index contributed by atoms with van der Waals surface area (Å²) in [5.74, 6) is 1.05. The molecular weight excluding hydrogens is 224 g/mol. The number of hydrogen-bond donors (Lipinski definition) is 1. The molecule has 2 fully saturated rings. The van der Waals surface area contributed by atoms with Crippen molar-refractivity contribution < 1.29 is 4.79 Å². The number of carbonyl (C=O) groups is 1. The lowest BCUT2D eigenvalue weighted by Gasteiger charge is -2.32. The van der Waals surface area contributed by atoms with Crippen LogP contribution in [0.15, 0.2) is 30.3 Å². The van der Waals surface area contributed by atoms with Crippen LogP contribution in [0.3, 0.4) is 0 Å². The molecule has 3 rings (SSSR count). The van der Waals surface area contributed by atoms with Gasteiger partial charge in [-0.1, -0.05) is 30.3 Å². The highest BCUT2D eigenvalue weighted by molar-refractivity contribution is 5.83. The molecule has 96 valence electrons. The topological polar surface area (TPSA) is 32.3 Å². The average molecular weight is 244 g/mol. The predicted molar refractivity (Wildman–Crippen MR) is 71.3 cm³/mol. The van der Waals surface area contributed by atoms with Crippen LogP contribution in [-0.2, 0) is 4.79 Å². The van der Waals surface area contributed by atoms with Crippen LogP contribution in [0.25, 0.3) is 0 Å². The van der Waals surface area contributed by atoms with Gasteiger partial charge in [-0.05, 0) is 24.8 Å². The molecule has 1 N–H and O–H groups in total. The minimum atomic E-state index is 0.234. The Balaban J connectivity index is 1.62. The molecule has 1 aliphatic carbocycles. The summed E-state index contributed by atoms with van der Waals surface area (Å²) in [4.78, 5) is 14.4. The normalized spacial score (nSPS) is 31.2. The molecule has 0 radical (unpaired) electrons. The lowest BCUT2D eigenvalue weighted by molar-refractivity contribution is -0.133. The quantitative estimate of drug-likeness (QED) is 0.857. The Bertz CT molecular complexity index is 431. The molecule has 1 saturated carbocycles. The number of piperazine rings is 1. The number of carbonyl (C=O) groups excluding carboxylic acids is 1. The van der Waals surface area contributed by atoms with E-state index in [0.717, 1.165) is 26.1 Å². The summed E-state index contributed by atoms with van der Waals surface area (Å²) in [6, 6.07) is 10.8. The monoisotopic (exact) mass is 244 g/mol. The molecule has 1 heterocycles. The highest BCUT2D eigenvalue weighted by atomic mass is 16.2. The fourth-order valence-electron chi connectivity index (χ4n) is 2.90. The van der Waals surface area contributed by atoms with Crippen molar-refractivity contribution in [3.05, 3.63) is 35.9 Å². The fourth-order valence-corrected chi connectivity index (χ4v) is 2.90.